The average Bonchev–Trinajstić information content (AvgIpc) is 3.30. The van der Waals surface area contributed by atoms with Crippen LogP contribution in [0.5, 0.6) is 0 Å². The number of amides is 1. The van der Waals surface area contributed by atoms with Crippen LogP contribution >= 0.6 is 0 Å². The predicted molar refractivity (Wildman–Crippen MR) is 100.0 cm³/mol. The Morgan fingerprint density at radius 1 is 1.18 bits per heavy atom. The molecule has 146 valence electrons. The number of aromatic nitrogens is 6. The second kappa shape index (κ2) is 7.31. The molecule has 5 rings (SSSR count). The number of carbonyl (C=O) groups is 1. The standard InChI is InChI=1S/C19H23N7O2/c27-19(15-12-21-26-8-1-7-20-18(15)26)22-14-2-3-16-23-24-17(25(16)9-4-14)13-5-10-28-11-6-13/h1,7-8,12-14H,2-6,9-11H2,(H,22,27). The lowest BCUT2D eigenvalue weighted by molar-refractivity contribution is 0.0826. The lowest BCUT2D eigenvalue weighted by Crippen LogP contribution is -2.35. The minimum absolute atomic E-state index is 0.0930. The topological polar surface area (TPSA) is 99.2 Å². The Morgan fingerprint density at radius 2 is 2.07 bits per heavy atom. The van der Waals surface area contributed by atoms with Gasteiger partial charge in [-0.05, 0) is 31.7 Å². The van der Waals surface area contributed by atoms with Gasteiger partial charge >= 0.3 is 0 Å². The van der Waals surface area contributed by atoms with Gasteiger partial charge in [0.1, 0.15) is 17.2 Å². The maximum absolute atomic E-state index is 12.8. The van der Waals surface area contributed by atoms with Crippen molar-refractivity contribution in [3.05, 3.63) is 41.9 Å². The van der Waals surface area contributed by atoms with Gasteiger partial charge in [-0.2, -0.15) is 5.10 Å². The van der Waals surface area contributed by atoms with Crippen LogP contribution in [0.25, 0.3) is 5.65 Å². The molecular formula is C19H23N7O2. The number of carbonyl (C=O) groups excluding carboxylic acids is 1. The molecule has 2 aliphatic rings. The fraction of sp³-hybridized carbons (Fsp3) is 0.526. The van der Waals surface area contributed by atoms with Crippen molar-refractivity contribution in [3.63, 3.8) is 0 Å². The molecule has 1 atom stereocenters. The summed E-state index contributed by atoms with van der Waals surface area (Å²) in [5.41, 5.74) is 1.08. The Hall–Kier alpha value is -2.81. The lowest BCUT2D eigenvalue weighted by Gasteiger charge is -2.22. The van der Waals surface area contributed by atoms with Gasteiger partial charge in [0.15, 0.2) is 5.65 Å². The van der Waals surface area contributed by atoms with E-state index < -0.39 is 0 Å². The van der Waals surface area contributed by atoms with Gasteiger partial charge in [-0.3, -0.25) is 4.79 Å². The highest BCUT2D eigenvalue weighted by molar-refractivity contribution is 5.99. The summed E-state index contributed by atoms with van der Waals surface area (Å²) in [4.78, 5) is 17.0. The normalized spacial score (nSPS) is 20.6. The number of rotatable bonds is 3. The van der Waals surface area contributed by atoms with Crippen LogP contribution in [0.15, 0.2) is 24.7 Å². The molecule has 0 aliphatic carbocycles. The zero-order valence-electron chi connectivity index (χ0n) is 15.6. The number of ether oxygens (including phenoxy) is 1. The van der Waals surface area contributed by atoms with Gasteiger partial charge in [0.05, 0.1) is 6.20 Å². The predicted octanol–water partition coefficient (Wildman–Crippen LogP) is 1.35. The Labute approximate surface area is 162 Å². The third-order valence-electron chi connectivity index (χ3n) is 5.72. The highest BCUT2D eigenvalue weighted by Gasteiger charge is 2.27. The number of nitrogens with one attached hydrogen (secondary N) is 1. The molecule has 1 saturated heterocycles. The van der Waals surface area contributed by atoms with E-state index in [1.54, 1.807) is 29.2 Å². The molecular weight excluding hydrogens is 358 g/mol. The van der Waals surface area contributed by atoms with Crippen LogP contribution in [-0.2, 0) is 17.7 Å². The largest absolute Gasteiger partial charge is 0.381 e. The summed E-state index contributed by atoms with van der Waals surface area (Å²) in [5, 5.41) is 16.3. The van der Waals surface area contributed by atoms with E-state index in [0.717, 1.165) is 63.5 Å². The van der Waals surface area contributed by atoms with Crippen molar-refractivity contribution in [3.8, 4) is 0 Å². The molecule has 3 aromatic rings. The second-order valence-corrected chi connectivity index (χ2v) is 7.46. The summed E-state index contributed by atoms with van der Waals surface area (Å²) >= 11 is 0. The average molecular weight is 381 g/mol. The summed E-state index contributed by atoms with van der Waals surface area (Å²) in [7, 11) is 0. The fourth-order valence-electron chi connectivity index (χ4n) is 4.16. The van der Waals surface area contributed by atoms with Gasteiger partial charge in [0.25, 0.3) is 5.91 Å². The van der Waals surface area contributed by atoms with E-state index in [1.165, 1.54) is 0 Å². The lowest BCUT2D eigenvalue weighted by atomic mass is 9.99. The Morgan fingerprint density at radius 3 is 2.96 bits per heavy atom. The van der Waals surface area contributed by atoms with Crippen molar-refractivity contribution < 1.29 is 9.53 Å². The van der Waals surface area contributed by atoms with Crippen LogP contribution in [-0.4, -0.2) is 54.5 Å². The first-order chi connectivity index (χ1) is 13.8. The molecule has 2 aliphatic heterocycles. The summed E-state index contributed by atoms with van der Waals surface area (Å²) in [5.74, 6) is 2.40. The molecule has 28 heavy (non-hydrogen) atoms. The molecule has 1 amide bonds. The molecule has 9 heteroatoms. The number of hydrogen-bond donors (Lipinski definition) is 1. The van der Waals surface area contributed by atoms with Gasteiger partial charge in [-0.25, -0.2) is 9.50 Å². The number of hydrogen-bond acceptors (Lipinski definition) is 6. The third-order valence-corrected chi connectivity index (χ3v) is 5.72. The van der Waals surface area contributed by atoms with Gasteiger partial charge in [0, 0.05) is 50.5 Å². The van der Waals surface area contributed by atoms with Crippen molar-refractivity contribution in [2.45, 2.75) is 50.6 Å². The molecule has 0 spiro atoms. The van der Waals surface area contributed by atoms with E-state index in [4.69, 9.17) is 4.74 Å². The van der Waals surface area contributed by atoms with E-state index >= 15 is 0 Å². The zero-order valence-corrected chi connectivity index (χ0v) is 15.6. The molecule has 5 heterocycles. The zero-order chi connectivity index (χ0) is 18.9. The van der Waals surface area contributed by atoms with Gasteiger partial charge < -0.3 is 14.6 Å². The van der Waals surface area contributed by atoms with Crippen molar-refractivity contribution in [2.24, 2.45) is 0 Å². The van der Waals surface area contributed by atoms with Crippen molar-refractivity contribution >= 4 is 11.6 Å². The molecule has 0 bridgehead atoms. The first-order valence-electron chi connectivity index (χ1n) is 9.88. The summed E-state index contributed by atoms with van der Waals surface area (Å²) in [6.07, 6.45) is 9.56. The van der Waals surface area contributed by atoms with Gasteiger partial charge in [-0.1, -0.05) is 0 Å². The summed E-state index contributed by atoms with van der Waals surface area (Å²) in [6.45, 7) is 2.41. The molecule has 1 N–H and O–H groups in total. The monoisotopic (exact) mass is 381 g/mol. The van der Waals surface area contributed by atoms with Crippen LogP contribution < -0.4 is 5.32 Å². The van der Waals surface area contributed by atoms with Crippen LogP contribution in [0, 0.1) is 0 Å². The van der Waals surface area contributed by atoms with Crippen LogP contribution in [0.1, 0.15) is 53.6 Å². The highest BCUT2D eigenvalue weighted by atomic mass is 16.5. The van der Waals surface area contributed by atoms with Gasteiger partial charge in [-0.15, -0.1) is 10.2 Å². The molecule has 9 nitrogen and oxygen atoms in total. The second-order valence-electron chi connectivity index (χ2n) is 7.46. The minimum Gasteiger partial charge on any atom is -0.381 e. The third kappa shape index (κ3) is 3.15. The van der Waals surface area contributed by atoms with Crippen LogP contribution in [0.3, 0.4) is 0 Å². The molecule has 0 aromatic carbocycles. The first-order valence-corrected chi connectivity index (χ1v) is 9.88. The summed E-state index contributed by atoms with van der Waals surface area (Å²) in [6, 6.07) is 1.88. The van der Waals surface area contributed by atoms with E-state index in [1.807, 2.05) is 0 Å². The van der Waals surface area contributed by atoms with E-state index in [9.17, 15) is 4.79 Å². The number of nitrogens with zero attached hydrogens (tertiary/aromatic N) is 6. The molecule has 3 aromatic heterocycles. The maximum atomic E-state index is 12.8. The SMILES string of the molecule is O=C(NC1CCc2nnc(C3CCOCC3)n2CC1)c1cnn2cccnc12. The fourth-order valence-corrected chi connectivity index (χ4v) is 4.16. The van der Waals surface area contributed by atoms with Crippen LogP contribution in [0.2, 0.25) is 0 Å². The number of fused-ring (bicyclic) bond motifs is 2. The van der Waals surface area contributed by atoms with Crippen LogP contribution in [0.4, 0.5) is 0 Å². The van der Waals surface area contributed by atoms with Crippen molar-refractivity contribution in [2.75, 3.05) is 13.2 Å². The van der Waals surface area contributed by atoms with Crippen molar-refractivity contribution in [1.29, 1.82) is 0 Å². The maximum Gasteiger partial charge on any atom is 0.256 e. The highest BCUT2D eigenvalue weighted by Crippen LogP contribution is 2.28. The molecule has 0 radical (unpaired) electrons. The first kappa shape index (κ1) is 17.3. The quantitative estimate of drug-likeness (QED) is 0.735. The summed E-state index contributed by atoms with van der Waals surface area (Å²) < 4.78 is 9.35. The number of aryl methyl sites for hydroxylation is 1. The van der Waals surface area contributed by atoms with Crippen molar-refractivity contribution in [1.82, 2.24) is 34.7 Å². The molecule has 0 saturated carbocycles. The molecule has 1 fully saturated rings. The Kier molecular flexibility index (Phi) is 4.52. The van der Waals surface area contributed by atoms with Gasteiger partial charge in [0.2, 0.25) is 0 Å². The van der Waals surface area contributed by atoms with E-state index in [2.05, 4.69) is 30.2 Å². The Balaban J connectivity index is 1.28. The van der Waals surface area contributed by atoms with E-state index in [-0.39, 0.29) is 11.9 Å². The minimum atomic E-state index is -0.124. The Bertz CT molecular complexity index is 989. The van der Waals surface area contributed by atoms with E-state index in [0.29, 0.717) is 17.1 Å². The molecule has 1 unspecified atom stereocenters. The smallest absolute Gasteiger partial charge is 0.256 e.